The number of methoxy groups -OCH3 is 1. The summed E-state index contributed by atoms with van der Waals surface area (Å²) < 4.78 is 4.69. The first-order chi connectivity index (χ1) is 9.46. The van der Waals surface area contributed by atoms with Crippen molar-refractivity contribution in [3.8, 4) is 0 Å². The summed E-state index contributed by atoms with van der Waals surface area (Å²) >= 11 is 1.59. The Morgan fingerprint density at radius 2 is 1.95 bits per heavy atom. The molecular formula is C13H24N2O4S. The van der Waals surface area contributed by atoms with Crippen molar-refractivity contribution in [3.05, 3.63) is 0 Å². The number of ether oxygens (including phenoxy) is 1. The molecule has 0 bridgehead atoms. The van der Waals surface area contributed by atoms with Gasteiger partial charge in [0.05, 0.1) is 7.11 Å². The van der Waals surface area contributed by atoms with Crippen molar-refractivity contribution in [1.29, 1.82) is 0 Å². The fourth-order valence-electron chi connectivity index (χ4n) is 1.71. The SMILES string of the molecule is COC(=O)[C@@H](CC(C)C)NC(=O)[C@@H](CCSC)NC=O. The molecule has 20 heavy (non-hydrogen) atoms. The maximum atomic E-state index is 12.1. The van der Waals surface area contributed by atoms with E-state index in [0.29, 0.717) is 19.3 Å². The molecule has 0 fully saturated rings. The zero-order valence-electron chi connectivity index (χ0n) is 12.5. The summed E-state index contributed by atoms with van der Waals surface area (Å²) in [4.78, 5) is 34.3. The summed E-state index contributed by atoms with van der Waals surface area (Å²) in [5.41, 5.74) is 0. The van der Waals surface area contributed by atoms with E-state index in [0.717, 1.165) is 5.75 Å². The van der Waals surface area contributed by atoms with E-state index in [-0.39, 0.29) is 11.8 Å². The van der Waals surface area contributed by atoms with Crippen molar-refractivity contribution in [2.24, 2.45) is 5.92 Å². The molecule has 0 unspecified atom stereocenters. The summed E-state index contributed by atoms with van der Waals surface area (Å²) in [7, 11) is 1.29. The van der Waals surface area contributed by atoms with Crippen LogP contribution in [0.5, 0.6) is 0 Å². The zero-order valence-corrected chi connectivity index (χ0v) is 13.3. The van der Waals surface area contributed by atoms with E-state index >= 15 is 0 Å². The van der Waals surface area contributed by atoms with Crippen LogP contribution in [0, 0.1) is 5.92 Å². The Bertz CT molecular complexity index is 323. The van der Waals surface area contributed by atoms with Crippen molar-refractivity contribution < 1.29 is 19.1 Å². The van der Waals surface area contributed by atoms with Crippen molar-refractivity contribution in [2.45, 2.75) is 38.8 Å². The lowest BCUT2D eigenvalue weighted by Crippen LogP contribution is -2.50. The first kappa shape index (κ1) is 18.8. The van der Waals surface area contributed by atoms with E-state index in [2.05, 4.69) is 15.4 Å². The van der Waals surface area contributed by atoms with E-state index in [9.17, 15) is 14.4 Å². The van der Waals surface area contributed by atoms with Gasteiger partial charge in [0.1, 0.15) is 12.1 Å². The number of amides is 2. The zero-order chi connectivity index (χ0) is 15.5. The van der Waals surface area contributed by atoms with Crippen LogP contribution in [0.3, 0.4) is 0 Å². The molecule has 0 aromatic carbocycles. The monoisotopic (exact) mass is 304 g/mol. The summed E-state index contributed by atoms with van der Waals surface area (Å²) in [6, 6.07) is -1.31. The van der Waals surface area contributed by atoms with Gasteiger partial charge in [-0.05, 0) is 30.8 Å². The fraction of sp³-hybridized carbons (Fsp3) is 0.769. The average Bonchev–Trinajstić information content (AvgIpc) is 2.41. The van der Waals surface area contributed by atoms with Gasteiger partial charge in [0.15, 0.2) is 0 Å². The molecule has 7 heteroatoms. The van der Waals surface area contributed by atoms with Crippen LogP contribution in [0.4, 0.5) is 0 Å². The third-order valence-electron chi connectivity index (χ3n) is 2.71. The molecule has 0 saturated heterocycles. The smallest absolute Gasteiger partial charge is 0.328 e. The van der Waals surface area contributed by atoms with Gasteiger partial charge < -0.3 is 15.4 Å². The van der Waals surface area contributed by atoms with E-state index < -0.39 is 18.1 Å². The average molecular weight is 304 g/mol. The summed E-state index contributed by atoms with van der Waals surface area (Å²) in [6.07, 6.45) is 3.43. The molecule has 0 aliphatic carbocycles. The highest BCUT2D eigenvalue weighted by Crippen LogP contribution is 2.07. The first-order valence-corrected chi connectivity index (χ1v) is 7.92. The third kappa shape index (κ3) is 7.37. The second-order valence-electron chi connectivity index (χ2n) is 4.83. The van der Waals surface area contributed by atoms with Gasteiger partial charge in [0.2, 0.25) is 12.3 Å². The van der Waals surface area contributed by atoms with Gasteiger partial charge in [-0.3, -0.25) is 9.59 Å². The molecule has 116 valence electrons. The first-order valence-electron chi connectivity index (χ1n) is 6.53. The van der Waals surface area contributed by atoms with Crippen molar-refractivity contribution in [2.75, 3.05) is 19.1 Å². The molecule has 0 aliphatic rings. The van der Waals surface area contributed by atoms with Crippen molar-refractivity contribution in [3.63, 3.8) is 0 Å². The fourth-order valence-corrected chi connectivity index (χ4v) is 2.18. The van der Waals surface area contributed by atoms with Crippen LogP contribution in [-0.2, 0) is 19.1 Å². The van der Waals surface area contributed by atoms with Crippen LogP contribution in [0.25, 0.3) is 0 Å². The van der Waals surface area contributed by atoms with Gasteiger partial charge in [-0.1, -0.05) is 13.8 Å². The highest BCUT2D eigenvalue weighted by atomic mass is 32.2. The molecule has 0 spiro atoms. The molecule has 0 aromatic heterocycles. The van der Waals surface area contributed by atoms with Crippen LogP contribution >= 0.6 is 11.8 Å². The molecule has 2 atom stereocenters. The van der Waals surface area contributed by atoms with Crippen LogP contribution in [0.1, 0.15) is 26.7 Å². The molecule has 0 heterocycles. The van der Waals surface area contributed by atoms with Gasteiger partial charge in [-0.15, -0.1) is 0 Å². The second-order valence-corrected chi connectivity index (χ2v) is 5.82. The second kappa shape index (κ2) is 10.5. The van der Waals surface area contributed by atoms with Crippen molar-refractivity contribution in [1.82, 2.24) is 10.6 Å². The molecule has 2 amide bonds. The van der Waals surface area contributed by atoms with Crippen LogP contribution in [0.15, 0.2) is 0 Å². The number of rotatable bonds is 10. The molecule has 2 N–H and O–H groups in total. The predicted molar refractivity (Wildman–Crippen MR) is 79.4 cm³/mol. The van der Waals surface area contributed by atoms with Gasteiger partial charge >= 0.3 is 5.97 Å². The van der Waals surface area contributed by atoms with Crippen LogP contribution in [0.2, 0.25) is 0 Å². The largest absolute Gasteiger partial charge is 0.467 e. The maximum absolute atomic E-state index is 12.1. The Balaban J connectivity index is 4.67. The number of carbonyl (C=O) groups is 3. The van der Waals surface area contributed by atoms with Gasteiger partial charge in [0.25, 0.3) is 0 Å². The number of hydrogen-bond acceptors (Lipinski definition) is 5. The minimum atomic E-state index is -0.683. The molecule has 0 saturated carbocycles. The minimum Gasteiger partial charge on any atom is -0.467 e. The minimum absolute atomic E-state index is 0.239. The quantitative estimate of drug-likeness (QED) is 0.455. The Morgan fingerprint density at radius 1 is 1.30 bits per heavy atom. The number of hydrogen-bond donors (Lipinski definition) is 2. The number of esters is 1. The standard InChI is InChI=1S/C13H24N2O4S/c1-9(2)7-11(13(18)19-3)15-12(17)10(14-8-16)5-6-20-4/h8-11H,5-7H2,1-4H3,(H,14,16)(H,15,17)/t10-,11-/m1/s1. The van der Waals surface area contributed by atoms with Gasteiger partial charge in [0, 0.05) is 0 Å². The third-order valence-corrected chi connectivity index (χ3v) is 3.35. The number of carbonyl (C=O) groups excluding carboxylic acids is 3. The van der Waals surface area contributed by atoms with E-state index in [1.165, 1.54) is 7.11 Å². The lowest BCUT2D eigenvalue weighted by Gasteiger charge is -2.22. The lowest BCUT2D eigenvalue weighted by atomic mass is 10.0. The Kier molecular flexibility index (Phi) is 9.88. The van der Waals surface area contributed by atoms with E-state index in [4.69, 9.17) is 0 Å². The van der Waals surface area contributed by atoms with Crippen molar-refractivity contribution >= 4 is 30.0 Å². The molecule has 0 radical (unpaired) electrons. The molecule has 0 aromatic rings. The highest BCUT2D eigenvalue weighted by Gasteiger charge is 2.26. The highest BCUT2D eigenvalue weighted by molar-refractivity contribution is 7.98. The van der Waals surface area contributed by atoms with Gasteiger partial charge in [-0.2, -0.15) is 11.8 Å². The van der Waals surface area contributed by atoms with Gasteiger partial charge in [-0.25, -0.2) is 4.79 Å². The Hall–Kier alpha value is -1.24. The molecule has 0 aliphatic heterocycles. The predicted octanol–water partition coefficient (Wildman–Crippen LogP) is 0.558. The summed E-state index contributed by atoms with van der Waals surface area (Å²) in [5.74, 6) is 0.151. The van der Waals surface area contributed by atoms with E-state index in [1.54, 1.807) is 11.8 Å². The van der Waals surface area contributed by atoms with E-state index in [1.807, 2.05) is 20.1 Å². The summed E-state index contributed by atoms with van der Waals surface area (Å²) in [6.45, 7) is 3.91. The topological polar surface area (TPSA) is 84.5 Å². The normalized spacial score (nSPS) is 13.4. The molecule has 6 nitrogen and oxygen atoms in total. The number of thioether (sulfide) groups is 1. The Morgan fingerprint density at radius 3 is 2.40 bits per heavy atom. The molecule has 0 rings (SSSR count). The van der Waals surface area contributed by atoms with Crippen LogP contribution in [-0.4, -0.2) is 49.5 Å². The molecular weight excluding hydrogens is 280 g/mol. The Labute approximate surface area is 124 Å². The number of nitrogens with one attached hydrogen (secondary N) is 2. The lowest BCUT2D eigenvalue weighted by molar-refractivity contribution is -0.145. The van der Waals surface area contributed by atoms with Crippen LogP contribution < -0.4 is 10.6 Å². The maximum Gasteiger partial charge on any atom is 0.328 e. The summed E-state index contributed by atoms with van der Waals surface area (Å²) in [5, 5.41) is 5.12.